The Labute approximate surface area is 111 Å². The van der Waals surface area contributed by atoms with Crippen molar-refractivity contribution >= 4 is 15.9 Å². The average molecular weight is 284 g/mol. The summed E-state index contributed by atoms with van der Waals surface area (Å²) >= 11 is 0. The first-order valence-electron chi connectivity index (χ1n) is 6.00. The largest absolute Gasteiger partial charge is 0.508 e. The molecule has 6 nitrogen and oxygen atoms in total. The van der Waals surface area contributed by atoms with Crippen molar-refractivity contribution in [2.75, 3.05) is 13.1 Å². The Bertz CT molecular complexity index is 585. The molecule has 3 N–H and O–H groups in total. The van der Waals surface area contributed by atoms with Crippen molar-refractivity contribution < 1.29 is 18.3 Å². The lowest BCUT2D eigenvalue weighted by Gasteiger charge is -2.30. The van der Waals surface area contributed by atoms with Gasteiger partial charge in [-0.1, -0.05) is 6.07 Å². The quantitative estimate of drug-likeness (QED) is 0.832. The lowest BCUT2D eigenvalue weighted by atomic mass is 9.99. The summed E-state index contributed by atoms with van der Waals surface area (Å²) in [4.78, 5) is 11.2. The number of sulfonamides is 1. The molecule has 1 aliphatic heterocycles. The molecule has 0 bridgehead atoms. The van der Waals surface area contributed by atoms with Crippen molar-refractivity contribution in [2.24, 2.45) is 11.7 Å². The highest BCUT2D eigenvalue weighted by Gasteiger charge is 2.32. The van der Waals surface area contributed by atoms with Gasteiger partial charge in [0, 0.05) is 13.1 Å². The van der Waals surface area contributed by atoms with Crippen molar-refractivity contribution in [2.45, 2.75) is 17.7 Å². The van der Waals surface area contributed by atoms with Crippen LogP contribution in [0.4, 0.5) is 0 Å². The van der Waals surface area contributed by atoms with E-state index in [-0.39, 0.29) is 17.2 Å². The van der Waals surface area contributed by atoms with Crippen LogP contribution in [0.3, 0.4) is 0 Å². The number of nitrogens with zero attached hydrogens (tertiary/aromatic N) is 1. The van der Waals surface area contributed by atoms with Gasteiger partial charge in [-0.2, -0.15) is 4.31 Å². The highest BCUT2D eigenvalue weighted by Crippen LogP contribution is 2.25. The van der Waals surface area contributed by atoms with Gasteiger partial charge in [0.15, 0.2) is 0 Å². The lowest BCUT2D eigenvalue weighted by molar-refractivity contribution is -0.122. The second kappa shape index (κ2) is 5.18. The fourth-order valence-corrected chi connectivity index (χ4v) is 3.75. The predicted molar refractivity (Wildman–Crippen MR) is 68.8 cm³/mol. The van der Waals surface area contributed by atoms with Gasteiger partial charge < -0.3 is 10.8 Å². The van der Waals surface area contributed by atoms with Gasteiger partial charge in [-0.15, -0.1) is 0 Å². The van der Waals surface area contributed by atoms with E-state index in [4.69, 9.17) is 5.73 Å². The zero-order valence-electron chi connectivity index (χ0n) is 10.3. The second-order valence-corrected chi connectivity index (χ2v) is 6.54. The molecule has 7 heteroatoms. The van der Waals surface area contributed by atoms with Crippen molar-refractivity contribution in [3.05, 3.63) is 24.3 Å². The maximum absolute atomic E-state index is 12.4. The number of benzene rings is 1. The second-order valence-electron chi connectivity index (χ2n) is 4.60. The van der Waals surface area contributed by atoms with Crippen LogP contribution in [-0.4, -0.2) is 36.8 Å². The minimum Gasteiger partial charge on any atom is -0.508 e. The summed E-state index contributed by atoms with van der Waals surface area (Å²) in [6.45, 7) is 0.467. The van der Waals surface area contributed by atoms with Crippen molar-refractivity contribution in [1.29, 1.82) is 0 Å². The van der Waals surface area contributed by atoms with E-state index in [9.17, 15) is 18.3 Å². The van der Waals surface area contributed by atoms with Crippen molar-refractivity contribution in [3.63, 3.8) is 0 Å². The van der Waals surface area contributed by atoms with Gasteiger partial charge in [0.25, 0.3) is 0 Å². The Hall–Kier alpha value is -1.60. The number of phenols is 1. The van der Waals surface area contributed by atoms with Gasteiger partial charge in [0.2, 0.25) is 15.9 Å². The van der Waals surface area contributed by atoms with Crippen LogP contribution in [0.2, 0.25) is 0 Å². The molecule has 19 heavy (non-hydrogen) atoms. The van der Waals surface area contributed by atoms with E-state index in [1.54, 1.807) is 0 Å². The van der Waals surface area contributed by atoms with E-state index in [1.807, 2.05) is 0 Å². The molecule has 104 valence electrons. The molecule has 1 heterocycles. The molecular weight excluding hydrogens is 268 g/mol. The highest BCUT2D eigenvalue weighted by molar-refractivity contribution is 7.89. The topological polar surface area (TPSA) is 101 Å². The monoisotopic (exact) mass is 284 g/mol. The van der Waals surface area contributed by atoms with Gasteiger partial charge in [-0.25, -0.2) is 8.42 Å². The number of rotatable bonds is 3. The van der Waals surface area contributed by atoms with Gasteiger partial charge in [-0.3, -0.25) is 4.79 Å². The predicted octanol–water partition coefficient (Wildman–Crippen LogP) is 0.278. The molecule has 1 fully saturated rings. The normalized spacial score (nSPS) is 21.2. The first-order chi connectivity index (χ1) is 8.91. The number of nitrogens with two attached hydrogens (primary N) is 1. The lowest BCUT2D eigenvalue weighted by Crippen LogP contribution is -2.43. The van der Waals surface area contributed by atoms with Crippen LogP contribution in [0, 0.1) is 5.92 Å². The van der Waals surface area contributed by atoms with Crippen molar-refractivity contribution in [3.8, 4) is 5.75 Å². The molecule has 0 aromatic heterocycles. The number of phenolic OH excluding ortho intramolecular Hbond substituents is 1. The third-order valence-corrected chi connectivity index (χ3v) is 5.10. The molecule has 0 radical (unpaired) electrons. The first kappa shape index (κ1) is 13.8. The molecule has 1 unspecified atom stereocenters. The molecule has 0 saturated carbocycles. The number of amides is 1. The summed E-state index contributed by atoms with van der Waals surface area (Å²) in [6, 6.07) is 5.49. The fraction of sp³-hybridized carbons (Fsp3) is 0.417. The third kappa shape index (κ3) is 2.87. The molecule has 0 aliphatic carbocycles. The number of carbonyl (C=O) groups is 1. The number of hydrogen-bond donors (Lipinski definition) is 2. The summed E-state index contributed by atoms with van der Waals surface area (Å²) in [5, 5.41) is 9.36. The van der Waals surface area contributed by atoms with Gasteiger partial charge in [0.1, 0.15) is 5.75 Å². The Morgan fingerprint density at radius 2 is 2.16 bits per heavy atom. The van der Waals surface area contributed by atoms with Gasteiger partial charge in [-0.05, 0) is 31.0 Å². The van der Waals surface area contributed by atoms with E-state index < -0.39 is 21.8 Å². The Morgan fingerprint density at radius 1 is 1.42 bits per heavy atom. The van der Waals surface area contributed by atoms with Crippen LogP contribution in [0.15, 0.2) is 29.2 Å². The Balaban J connectivity index is 2.27. The maximum Gasteiger partial charge on any atom is 0.243 e. The first-order valence-corrected chi connectivity index (χ1v) is 7.44. The van der Waals surface area contributed by atoms with Crippen molar-refractivity contribution in [1.82, 2.24) is 4.31 Å². The Kier molecular flexibility index (Phi) is 3.77. The molecule has 2 rings (SSSR count). The van der Waals surface area contributed by atoms with Gasteiger partial charge >= 0.3 is 0 Å². The van der Waals surface area contributed by atoms with E-state index in [0.29, 0.717) is 19.4 Å². The number of aromatic hydroxyl groups is 1. The zero-order valence-corrected chi connectivity index (χ0v) is 11.1. The SMILES string of the molecule is NC(=O)C1CCCN(S(=O)(=O)c2cccc(O)c2)C1. The van der Waals surface area contributed by atoms with Crippen LogP contribution in [0.5, 0.6) is 5.75 Å². The maximum atomic E-state index is 12.4. The minimum atomic E-state index is -3.69. The van der Waals surface area contributed by atoms with Gasteiger partial charge in [0.05, 0.1) is 10.8 Å². The number of primary amides is 1. The Morgan fingerprint density at radius 3 is 2.79 bits per heavy atom. The molecule has 0 spiro atoms. The average Bonchev–Trinajstić information content (AvgIpc) is 2.39. The van der Waals surface area contributed by atoms with Crippen LogP contribution >= 0.6 is 0 Å². The van der Waals surface area contributed by atoms with Crippen LogP contribution < -0.4 is 5.73 Å². The van der Waals surface area contributed by atoms with Crippen LogP contribution in [0.25, 0.3) is 0 Å². The number of carbonyl (C=O) groups excluding carboxylic acids is 1. The van der Waals surface area contributed by atoms with E-state index >= 15 is 0 Å². The summed E-state index contributed by atoms with van der Waals surface area (Å²) in [5.74, 6) is -1.03. The highest BCUT2D eigenvalue weighted by atomic mass is 32.2. The minimum absolute atomic E-state index is 0.0256. The smallest absolute Gasteiger partial charge is 0.243 e. The van der Waals surface area contributed by atoms with E-state index in [2.05, 4.69) is 0 Å². The molecule has 1 amide bonds. The summed E-state index contributed by atoms with van der Waals surface area (Å²) < 4.78 is 26.0. The zero-order chi connectivity index (χ0) is 14.0. The van der Waals surface area contributed by atoms with E-state index in [0.717, 1.165) is 0 Å². The summed E-state index contributed by atoms with van der Waals surface area (Å²) in [6.07, 6.45) is 1.22. The molecule has 1 aromatic carbocycles. The summed E-state index contributed by atoms with van der Waals surface area (Å²) in [5.41, 5.74) is 5.24. The molecular formula is C12H16N2O4S. The van der Waals surface area contributed by atoms with Crippen LogP contribution in [0.1, 0.15) is 12.8 Å². The molecule has 1 aromatic rings. The molecule has 1 aliphatic rings. The van der Waals surface area contributed by atoms with E-state index in [1.165, 1.54) is 28.6 Å². The standard InChI is InChI=1S/C12H16N2O4S/c13-12(16)9-3-2-6-14(8-9)19(17,18)11-5-1-4-10(15)7-11/h1,4-5,7,9,15H,2-3,6,8H2,(H2,13,16). The molecule has 1 atom stereocenters. The number of piperidine rings is 1. The number of hydrogen-bond acceptors (Lipinski definition) is 4. The molecule has 1 saturated heterocycles. The van der Waals surface area contributed by atoms with Crippen LogP contribution in [-0.2, 0) is 14.8 Å². The third-order valence-electron chi connectivity index (χ3n) is 3.24. The fourth-order valence-electron chi connectivity index (χ4n) is 2.19. The summed E-state index contributed by atoms with van der Waals surface area (Å²) in [7, 11) is -3.69.